The summed E-state index contributed by atoms with van der Waals surface area (Å²) in [6, 6.07) is 5.21. The van der Waals surface area contributed by atoms with Gasteiger partial charge < -0.3 is 19.7 Å². The molecule has 0 radical (unpaired) electrons. The SMILES string of the molecule is COc1ccc2c(c1)C(=O)N1CCC(C1)NC(=O)CCc1cn(nn1)CCCO2. The fourth-order valence-electron chi connectivity index (χ4n) is 3.67. The Morgan fingerprint density at radius 2 is 2.14 bits per heavy atom. The van der Waals surface area contributed by atoms with Crippen molar-refractivity contribution in [2.45, 2.75) is 38.3 Å². The summed E-state index contributed by atoms with van der Waals surface area (Å²) < 4.78 is 13.0. The topological polar surface area (TPSA) is 98.6 Å². The fourth-order valence-corrected chi connectivity index (χ4v) is 3.67. The van der Waals surface area contributed by atoms with Gasteiger partial charge in [0.25, 0.3) is 5.91 Å². The molecule has 1 atom stereocenters. The van der Waals surface area contributed by atoms with Crippen LogP contribution in [0.1, 0.15) is 35.3 Å². The van der Waals surface area contributed by atoms with E-state index < -0.39 is 0 Å². The normalized spacial score (nSPS) is 20.4. The average Bonchev–Trinajstić information content (AvgIpc) is 3.38. The van der Waals surface area contributed by atoms with Gasteiger partial charge in [-0.25, -0.2) is 0 Å². The minimum absolute atomic E-state index is 0.0337. The number of fused-ring (bicyclic) bond motifs is 5. The van der Waals surface area contributed by atoms with Gasteiger partial charge in [0.15, 0.2) is 0 Å². The van der Waals surface area contributed by atoms with Gasteiger partial charge in [0, 0.05) is 51.1 Å². The van der Waals surface area contributed by atoms with Crippen LogP contribution < -0.4 is 14.8 Å². The van der Waals surface area contributed by atoms with Crippen molar-refractivity contribution < 1.29 is 19.1 Å². The standard InChI is InChI=1S/C20H25N5O4/c1-28-16-4-5-18-17(11-16)20(27)24-9-7-14(12-24)21-19(26)6-3-15-13-25(23-22-15)8-2-10-29-18/h4-5,11,13-14H,2-3,6-10,12H2,1H3,(H,21,26). The molecular formula is C20H25N5O4. The molecule has 0 spiro atoms. The Labute approximate surface area is 169 Å². The summed E-state index contributed by atoms with van der Waals surface area (Å²) in [4.78, 5) is 27.2. The summed E-state index contributed by atoms with van der Waals surface area (Å²) in [7, 11) is 1.57. The lowest BCUT2D eigenvalue weighted by molar-refractivity contribution is -0.121. The lowest BCUT2D eigenvalue weighted by Crippen LogP contribution is -2.38. The van der Waals surface area contributed by atoms with Crippen molar-refractivity contribution in [3.8, 4) is 11.5 Å². The van der Waals surface area contributed by atoms with E-state index in [1.54, 1.807) is 34.9 Å². The van der Waals surface area contributed by atoms with Crippen LogP contribution in [0.3, 0.4) is 0 Å². The van der Waals surface area contributed by atoms with E-state index in [0.717, 1.165) is 12.1 Å². The largest absolute Gasteiger partial charge is 0.497 e. The molecule has 1 aromatic carbocycles. The zero-order valence-corrected chi connectivity index (χ0v) is 16.5. The van der Waals surface area contributed by atoms with E-state index >= 15 is 0 Å². The van der Waals surface area contributed by atoms with Gasteiger partial charge in [-0.3, -0.25) is 14.3 Å². The minimum atomic E-state index is -0.111. The highest BCUT2D eigenvalue weighted by molar-refractivity contribution is 5.97. The van der Waals surface area contributed by atoms with E-state index in [2.05, 4.69) is 15.6 Å². The highest BCUT2D eigenvalue weighted by atomic mass is 16.5. The molecule has 1 fully saturated rings. The molecule has 9 heteroatoms. The molecule has 2 aliphatic rings. The van der Waals surface area contributed by atoms with Crippen LogP contribution >= 0.6 is 0 Å². The Bertz CT molecular complexity index is 897. The molecule has 2 aliphatic heterocycles. The third-order valence-corrected chi connectivity index (χ3v) is 5.24. The second-order valence-corrected chi connectivity index (χ2v) is 7.34. The van der Waals surface area contributed by atoms with Crippen LogP contribution in [0.25, 0.3) is 0 Å². The average molecular weight is 399 g/mol. The van der Waals surface area contributed by atoms with E-state index in [1.165, 1.54) is 0 Å². The summed E-state index contributed by atoms with van der Waals surface area (Å²) in [6.45, 7) is 2.17. The van der Waals surface area contributed by atoms with Gasteiger partial charge in [0.1, 0.15) is 11.5 Å². The molecule has 1 unspecified atom stereocenters. The van der Waals surface area contributed by atoms with Crippen molar-refractivity contribution in [1.29, 1.82) is 0 Å². The molecule has 0 saturated carbocycles. The highest BCUT2D eigenvalue weighted by Gasteiger charge is 2.29. The van der Waals surface area contributed by atoms with Crippen molar-refractivity contribution in [2.24, 2.45) is 0 Å². The fraction of sp³-hybridized carbons (Fsp3) is 0.500. The van der Waals surface area contributed by atoms with Gasteiger partial charge >= 0.3 is 0 Å². The molecule has 3 heterocycles. The van der Waals surface area contributed by atoms with Crippen LogP contribution in [0.2, 0.25) is 0 Å². The molecule has 154 valence electrons. The molecule has 4 bridgehead atoms. The first kappa shape index (κ1) is 19.2. The van der Waals surface area contributed by atoms with Crippen LogP contribution in [-0.4, -0.2) is 64.6 Å². The first-order valence-corrected chi connectivity index (χ1v) is 9.91. The first-order valence-electron chi connectivity index (χ1n) is 9.91. The second kappa shape index (κ2) is 8.50. The zero-order valence-electron chi connectivity index (χ0n) is 16.5. The van der Waals surface area contributed by atoms with E-state index in [4.69, 9.17) is 9.47 Å². The van der Waals surface area contributed by atoms with Crippen LogP contribution in [0.4, 0.5) is 0 Å². The molecule has 2 amide bonds. The molecule has 1 aromatic heterocycles. The molecule has 0 aliphatic carbocycles. The van der Waals surface area contributed by atoms with Crippen LogP contribution in [0, 0.1) is 0 Å². The second-order valence-electron chi connectivity index (χ2n) is 7.34. The van der Waals surface area contributed by atoms with Crippen molar-refractivity contribution in [2.75, 3.05) is 26.8 Å². The summed E-state index contributed by atoms with van der Waals surface area (Å²) in [6.07, 6.45) is 4.21. The quantitative estimate of drug-likeness (QED) is 0.769. The maximum absolute atomic E-state index is 13.1. The van der Waals surface area contributed by atoms with Gasteiger partial charge in [-0.1, -0.05) is 5.21 Å². The lowest BCUT2D eigenvalue weighted by atomic mass is 10.1. The number of aryl methyl sites for hydroxylation is 2. The number of hydrogen-bond donors (Lipinski definition) is 1. The molecule has 1 N–H and O–H groups in total. The van der Waals surface area contributed by atoms with E-state index in [9.17, 15) is 9.59 Å². The molecule has 4 rings (SSSR count). The van der Waals surface area contributed by atoms with Crippen molar-refractivity contribution in [1.82, 2.24) is 25.2 Å². The number of nitrogens with one attached hydrogen (secondary N) is 1. The van der Waals surface area contributed by atoms with Crippen LogP contribution in [0.5, 0.6) is 11.5 Å². The van der Waals surface area contributed by atoms with Gasteiger partial charge in [-0.15, -0.1) is 5.10 Å². The maximum atomic E-state index is 13.1. The molecule has 1 saturated heterocycles. The van der Waals surface area contributed by atoms with Gasteiger partial charge in [0.2, 0.25) is 5.91 Å². The number of carbonyl (C=O) groups is 2. The number of rotatable bonds is 1. The predicted octanol–water partition coefficient (Wildman–Crippen LogP) is 1.03. The van der Waals surface area contributed by atoms with E-state index in [1.807, 2.05) is 6.20 Å². The Kier molecular flexibility index (Phi) is 5.64. The number of nitrogens with zero attached hydrogens (tertiary/aromatic N) is 4. The molecule has 9 nitrogen and oxygen atoms in total. The number of methoxy groups -OCH3 is 1. The number of aromatic nitrogens is 3. The Hall–Kier alpha value is -3.10. The highest BCUT2D eigenvalue weighted by Crippen LogP contribution is 2.27. The van der Waals surface area contributed by atoms with Crippen LogP contribution in [0.15, 0.2) is 24.4 Å². The van der Waals surface area contributed by atoms with E-state index in [-0.39, 0.29) is 17.9 Å². The zero-order chi connectivity index (χ0) is 20.2. The summed E-state index contributed by atoms with van der Waals surface area (Å²) in [5.74, 6) is 0.992. The van der Waals surface area contributed by atoms with Crippen molar-refractivity contribution >= 4 is 11.8 Å². The molecule has 29 heavy (non-hydrogen) atoms. The molecular weight excluding hydrogens is 374 g/mol. The predicted molar refractivity (Wildman–Crippen MR) is 104 cm³/mol. The maximum Gasteiger partial charge on any atom is 0.257 e. The number of benzene rings is 1. The smallest absolute Gasteiger partial charge is 0.257 e. The van der Waals surface area contributed by atoms with Gasteiger partial charge in [-0.05, 0) is 24.6 Å². The van der Waals surface area contributed by atoms with Crippen molar-refractivity contribution in [3.63, 3.8) is 0 Å². The molecule has 2 aromatic rings. The monoisotopic (exact) mass is 399 g/mol. The van der Waals surface area contributed by atoms with Crippen molar-refractivity contribution in [3.05, 3.63) is 35.7 Å². The Morgan fingerprint density at radius 3 is 3.00 bits per heavy atom. The summed E-state index contributed by atoms with van der Waals surface area (Å²) >= 11 is 0. The Morgan fingerprint density at radius 1 is 1.24 bits per heavy atom. The first-order chi connectivity index (χ1) is 14.1. The van der Waals surface area contributed by atoms with Gasteiger partial charge in [0.05, 0.1) is 25.0 Å². The lowest BCUT2D eigenvalue weighted by Gasteiger charge is -2.20. The third-order valence-electron chi connectivity index (χ3n) is 5.24. The third kappa shape index (κ3) is 4.49. The Balaban J connectivity index is 1.57. The number of hydrogen-bond acceptors (Lipinski definition) is 6. The number of carbonyl (C=O) groups excluding carboxylic acids is 2. The summed E-state index contributed by atoms with van der Waals surface area (Å²) in [5, 5.41) is 11.3. The van der Waals surface area contributed by atoms with E-state index in [0.29, 0.717) is 62.6 Å². The van der Waals surface area contributed by atoms with Crippen LogP contribution in [-0.2, 0) is 17.8 Å². The van der Waals surface area contributed by atoms with Gasteiger partial charge in [-0.2, -0.15) is 0 Å². The summed E-state index contributed by atoms with van der Waals surface area (Å²) in [5.41, 5.74) is 1.27. The number of amides is 2. The number of ether oxygens (including phenoxy) is 2. The minimum Gasteiger partial charge on any atom is -0.497 e.